The Kier molecular flexibility index (Phi) is 5.27. The Balaban J connectivity index is 2.20. The van der Waals surface area contributed by atoms with Gasteiger partial charge in [-0.25, -0.2) is 0 Å². The lowest BCUT2D eigenvalue weighted by atomic mass is 10.1. The molecular formula is C17H17Cl2NO. The summed E-state index contributed by atoms with van der Waals surface area (Å²) >= 11 is 12.2. The molecule has 0 saturated carbocycles. The van der Waals surface area contributed by atoms with Crippen LogP contribution in [0.2, 0.25) is 10.0 Å². The number of aryl methyl sites for hydroxylation is 2. The van der Waals surface area contributed by atoms with Gasteiger partial charge < -0.3 is 5.32 Å². The van der Waals surface area contributed by atoms with E-state index in [0.717, 1.165) is 23.2 Å². The molecule has 2 aromatic carbocycles. The lowest BCUT2D eigenvalue weighted by Crippen LogP contribution is -2.17. The summed E-state index contributed by atoms with van der Waals surface area (Å²) in [5.41, 5.74) is 3.71. The number of para-hydroxylation sites is 1. The second-order valence-electron chi connectivity index (χ2n) is 4.89. The first-order valence-corrected chi connectivity index (χ1v) is 7.59. The van der Waals surface area contributed by atoms with Gasteiger partial charge in [-0.3, -0.25) is 4.79 Å². The van der Waals surface area contributed by atoms with Gasteiger partial charge in [-0.1, -0.05) is 54.4 Å². The number of carbonyl (C=O) groups is 1. The highest BCUT2D eigenvalue weighted by atomic mass is 35.5. The van der Waals surface area contributed by atoms with Crippen molar-refractivity contribution in [2.24, 2.45) is 0 Å². The summed E-state index contributed by atoms with van der Waals surface area (Å²) in [7, 11) is 0. The fourth-order valence-corrected chi connectivity index (χ4v) is 2.78. The highest BCUT2D eigenvalue weighted by molar-refractivity contribution is 6.36. The number of hydrogen-bond acceptors (Lipinski definition) is 1. The largest absolute Gasteiger partial charge is 0.325 e. The third-order valence-electron chi connectivity index (χ3n) is 3.40. The zero-order chi connectivity index (χ0) is 15.4. The van der Waals surface area contributed by atoms with Crippen molar-refractivity contribution >= 4 is 34.8 Å². The zero-order valence-electron chi connectivity index (χ0n) is 12.0. The number of carbonyl (C=O) groups excluding carboxylic acids is 1. The maximum atomic E-state index is 12.3. The molecule has 0 spiro atoms. The quantitative estimate of drug-likeness (QED) is 0.839. The standard InChI is InChI=1S/C17H17Cl2NO/c1-3-12-7-4-6-11(2)17(12)20-16(21)10-13-14(18)8-5-9-15(13)19/h4-9H,3,10H2,1-2H3,(H,20,21). The van der Waals surface area contributed by atoms with E-state index in [9.17, 15) is 4.79 Å². The van der Waals surface area contributed by atoms with Gasteiger partial charge in [-0.05, 0) is 42.2 Å². The Morgan fingerprint density at radius 1 is 1.10 bits per heavy atom. The molecule has 1 N–H and O–H groups in total. The molecule has 2 aromatic rings. The van der Waals surface area contributed by atoms with Gasteiger partial charge in [0.2, 0.25) is 5.91 Å². The van der Waals surface area contributed by atoms with E-state index < -0.39 is 0 Å². The molecule has 0 fully saturated rings. The highest BCUT2D eigenvalue weighted by Gasteiger charge is 2.13. The summed E-state index contributed by atoms with van der Waals surface area (Å²) < 4.78 is 0. The first-order chi connectivity index (χ1) is 10.0. The molecule has 110 valence electrons. The van der Waals surface area contributed by atoms with Crippen molar-refractivity contribution in [1.82, 2.24) is 0 Å². The highest BCUT2D eigenvalue weighted by Crippen LogP contribution is 2.26. The van der Waals surface area contributed by atoms with Gasteiger partial charge in [-0.2, -0.15) is 0 Å². The van der Waals surface area contributed by atoms with Crippen LogP contribution in [0.5, 0.6) is 0 Å². The number of rotatable bonds is 4. The Bertz CT molecular complexity index is 648. The van der Waals surface area contributed by atoms with Gasteiger partial charge in [-0.15, -0.1) is 0 Å². The first kappa shape index (κ1) is 15.9. The molecule has 0 atom stereocenters. The van der Waals surface area contributed by atoms with Crippen LogP contribution < -0.4 is 5.32 Å². The molecule has 2 nitrogen and oxygen atoms in total. The van der Waals surface area contributed by atoms with E-state index >= 15 is 0 Å². The molecule has 21 heavy (non-hydrogen) atoms. The number of nitrogens with one attached hydrogen (secondary N) is 1. The molecule has 1 amide bonds. The Hall–Kier alpha value is -1.51. The fourth-order valence-electron chi connectivity index (χ4n) is 2.25. The van der Waals surface area contributed by atoms with Crippen LogP contribution in [0.1, 0.15) is 23.6 Å². The van der Waals surface area contributed by atoms with Crippen molar-refractivity contribution in [2.75, 3.05) is 5.32 Å². The van der Waals surface area contributed by atoms with Crippen LogP contribution in [0.25, 0.3) is 0 Å². The van der Waals surface area contributed by atoms with E-state index in [2.05, 4.69) is 12.2 Å². The summed E-state index contributed by atoms with van der Waals surface area (Å²) in [6.45, 7) is 4.05. The predicted molar refractivity (Wildman–Crippen MR) is 89.4 cm³/mol. The maximum absolute atomic E-state index is 12.3. The van der Waals surface area contributed by atoms with Crippen LogP contribution in [-0.4, -0.2) is 5.91 Å². The fraction of sp³-hybridized carbons (Fsp3) is 0.235. The molecule has 0 saturated heterocycles. The average molecular weight is 322 g/mol. The van der Waals surface area contributed by atoms with Crippen LogP contribution in [0, 0.1) is 6.92 Å². The van der Waals surface area contributed by atoms with E-state index in [-0.39, 0.29) is 12.3 Å². The monoisotopic (exact) mass is 321 g/mol. The number of benzene rings is 2. The molecule has 0 unspecified atom stereocenters. The summed E-state index contributed by atoms with van der Waals surface area (Å²) in [4.78, 5) is 12.3. The van der Waals surface area contributed by atoms with Gasteiger partial charge in [0.05, 0.1) is 6.42 Å². The van der Waals surface area contributed by atoms with Gasteiger partial charge in [0.1, 0.15) is 0 Å². The van der Waals surface area contributed by atoms with E-state index in [4.69, 9.17) is 23.2 Å². The summed E-state index contributed by atoms with van der Waals surface area (Å²) in [5, 5.41) is 4.00. The van der Waals surface area contributed by atoms with Gasteiger partial charge in [0.25, 0.3) is 0 Å². The second-order valence-corrected chi connectivity index (χ2v) is 5.70. The maximum Gasteiger partial charge on any atom is 0.228 e. The van der Waals surface area contributed by atoms with Crippen LogP contribution in [0.15, 0.2) is 36.4 Å². The van der Waals surface area contributed by atoms with Crippen molar-refractivity contribution < 1.29 is 4.79 Å². The van der Waals surface area contributed by atoms with Gasteiger partial charge in [0, 0.05) is 15.7 Å². The van der Waals surface area contributed by atoms with Crippen molar-refractivity contribution in [1.29, 1.82) is 0 Å². The second kappa shape index (κ2) is 6.97. The molecule has 0 radical (unpaired) electrons. The molecule has 0 aliphatic rings. The Morgan fingerprint density at radius 2 is 1.71 bits per heavy atom. The van der Waals surface area contributed by atoms with Crippen LogP contribution >= 0.6 is 23.2 Å². The predicted octanol–water partition coefficient (Wildman–Crippen LogP) is 5.05. The molecule has 0 bridgehead atoms. The average Bonchev–Trinajstić information content (AvgIpc) is 2.45. The third-order valence-corrected chi connectivity index (χ3v) is 4.11. The molecule has 0 aliphatic carbocycles. The minimum Gasteiger partial charge on any atom is -0.325 e. The van der Waals surface area contributed by atoms with Crippen LogP contribution in [0.3, 0.4) is 0 Å². The van der Waals surface area contributed by atoms with Crippen molar-refractivity contribution in [3.8, 4) is 0 Å². The van der Waals surface area contributed by atoms with Crippen molar-refractivity contribution in [2.45, 2.75) is 26.7 Å². The summed E-state index contributed by atoms with van der Waals surface area (Å²) in [5.74, 6) is -0.117. The van der Waals surface area contributed by atoms with Crippen molar-refractivity contribution in [3.05, 3.63) is 63.1 Å². The molecular weight excluding hydrogens is 305 g/mol. The third kappa shape index (κ3) is 3.78. The number of amides is 1. The smallest absolute Gasteiger partial charge is 0.228 e. The van der Waals surface area contributed by atoms with E-state index in [1.807, 2.05) is 25.1 Å². The van der Waals surface area contributed by atoms with Crippen molar-refractivity contribution in [3.63, 3.8) is 0 Å². The molecule has 0 aromatic heterocycles. The minimum atomic E-state index is -0.117. The molecule has 0 aliphatic heterocycles. The van der Waals surface area contributed by atoms with E-state index in [0.29, 0.717) is 15.6 Å². The summed E-state index contributed by atoms with van der Waals surface area (Å²) in [6.07, 6.45) is 1.03. The number of anilines is 1. The molecule has 0 heterocycles. The topological polar surface area (TPSA) is 29.1 Å². The number of halogens is 2. The lowest BCUT2D eigenvalue weighted by molar-refractivity contribution is -0.115. The SMILES string of the molecule is CCc1cccc(C)c1NC(=O)Cc1c(Cl)cccc1Cl. The zero-order valence-corrected chi connectivity index (χ0v) is 13.6. The lowest BCUT2D eigenvalue weighted by Gasteiger charge is -2.13. The van der Waals surface area contributed by atoms with Crippen LogP contribution in [0.4, 0.5) is 5.69 Å². The van der Waals surface area contributed by atoms with E-state index in [1.165, 1.54) is 0 Å². The minimum absolute atomic E-state index is 0.117. The molecule has 4 heteroatoms. The van der Waals surface area contributed by atoms with Gasteiger partial charge >= 0.3 is 0 Å². The Labute approximate surface area is 135 Å². The summed E-state index contributed by atoms with van der Waals surface area (Å²) in [6, 6.07) is 11.2. The molecule has 2 rings (SSSR count). The first-order valence-electron chi connectivity index (χ1n) is 6.84. The Morgan fingerprint density at radius 3 is 2.33 bits per heavy atom. The number of hydrogen-bond donors (Lipinski definition) is 1. The normalized spacial score (nSPS) is 10.5. The van der Waals surface area contributed by atoms with E-state index in [1.54, 1.807) is 18.2 Å². The van der Waals surface area contributed by atoms with Crippen LogP contribution in [-0.2, 0) is 17.6 Å². The van der Waals surface area contributed by atoms with Gasteiger partial charge in [0.15, 0.2) is 0 Å².